The zero-order valence-electron chi connectivity index (χ0n) is 9.23. The quantitative estimate of drug-likeness (QED) is 0.916. The van der Waals surface area contributed by atoms with Crippen molar-refractivity contribution in [3.8, 4) is 0 Å². The predicted molar refractivity (Wildman–Crippen MR) is 69.6 cm³/mol. The Balaban J connectivity index is 1.99. The summed E-state index contributed by atoms with van der Waals surface area (Å²) in [6.07, 6.45) is -0.221. The number of hydrogen-bond donors (Lipinski definition) is 1. The molecular weight excluding hydrogens is 262 g/mol. The van der Waals surface area contributed by atoms with E-state index < -0.39 is 17.7 Å². The Hall–Kier alpha value is -0.260. The van der Waals surface area contributed by atoms with E-state index in [0.717, 1.165) is 23.3 Å². The summed E-state index contributed by atoms with van der Waals surface area (Å²) in [4.78, 5) is 0. The lowest BCUT2D eigenvalue weighted by molar-refractivity contribution is 0.177. The van der Waals surface area contributed by atoms with Gasteiger partial charge in [0.25, 0.3) is 0 Å². The number of thioether (sulfide) groups is 2. The zero-order valence-corrected chi connectivity index (χ0v) is 10.9. The first-order chi connectivity index (χ1) is 8.15. The van der Waals surface area contributed by atoms with Gasteiger partial charge in [-0.05, 0) is 24.1 Å². The van der Waals surface area contributed by atoms with Crippen LogP contribution in [0.5, 0.6) is 0 Å². The van der Waals surface area contributed by atoms with Crippen LogP contribution in [-0.4, -0.2) is 33.7 Å². The Bertz CT molecular complexity index is 361. The van der Waals surface area contributed by atoms with Crippen LogP contribution in [0, 0.1) is 11.6 Å². The van der Waals surface area contributed by atoms with Crippen LogP contribution < -0.4 is 0 Å². The third kappa shape index (κ3) is 3.86. The Morgan fingerprint density at radius 2 is 1.94 bits per heavy atom. The van der Waals surface area contributed by atoms with Crippen molar-refractivity contribution in [2.45, 2.75) is 17.8 Å². The van der Waals surface area contributed by atoms with Crippen molar-refractivity contribution in [3.05, 3.63) is 35.4 Å². The number of rotatable bonds is 3. The lowest BCUT2D eigenvalue weighted by Crippen LogP contribution is -2.30. The van der Waals surface area contributed by atoms with Crippen LogP contribution in [0.4, 0.5) is 8.78 Å². The van der Waals surface area contributed by atoms with E-state index in [9.17, 15) is 13.9 Å². The molecule has 0 aliphatic carbocycles. The summed E-state index contributed by atoms with van der Waals surface area (Å²) in [6, 6.07) is 3.42. The highest BCUT2D eigenvalue weighted by atomic mass is 32.2. The van der Waals surface area contributed by atoms with E-state index >= 15 is 0 Å². The largest absolute Gasteiger partial charge is 0.392 e. The highest BCUT2D eigenvalue weighted by molar-refractivity contribution is 8.06. The SMILES string of the molecule is OC(Cc1cc(F)cc(F)c1)C1CSCCS1. The van der Waals surface area contributed by atoms with Gasteiger partial charge in [-0.2, -0.15) is 23.5 Å². The number of halogens is 2. The topological polar surface area (TPSA) is 20.2 Å². The van der Waals surface area contributed by atoms with E-state index in [0.29, 0.717) is 12.0 Å². The third-order valence-corrected chi connectivity index (χ3v) is 5.54. The van der Waals surface area contributed by atoms with Crippen LogP contribution in [0.15, 0.2) is 18.2 Å². The van der Waals surface area contributed by atoms with Crippen LogP contribution in [0.1, 0.15) is 5.56 Å². The third-order valence-electron chi connectivity index (χ3n) is 2.64. The van der Waals surface area contributed by atoms with Gasteiger partial charge in [0.15, 0.2) is 0 Å². The van der Waals surface area contributed by atoms with Crippen molar-refractivity contribution < 1.29 is 13.9 Å². The first-order valence-corrected chi connectivity index (χ1v) is 7.68. The molecule has 0 bridgehead atoms. The van der Waals surface area contributed by atoms with E-state index in [1.54, 1.807) is 11.8 Å². The second-order valence-corrected chi connectivity index (χ2v) is 6.53. The minimum Gasteiger partial charge on any atom is -0.392 e. The molecule has 94 valence electrons. The van der Waals surface area contributed by atoms with E-state index in [-0.39, 0.29) is 5.25 Å². The summed E-state index contributed by atoms with van der Waals surface area (Å²) in [5, 5.41) is 10.2. The molecule has 1 nitrogen and oxygen atoms in total. The first-order valence-electron chi connectivity index (χ1n) is 5.47. The predicted octanol–water partition coefficient (Wildman–Crippen LogP) is 2.72. The molecule has 5 heteroatoms. The Kier molecular flexibility index (Phi) is 4.70. The molecule has 2 atom stereocenters. The molecule has 1 saturated heterocycles. The fraction of sp³-hybridized carbons (Fsp3) is 0.500. The summed E-state index contributed by atoms with van der Waals surface area (Å²) < 4.78 is 26.0. The van der Waals surface area contributed by atoms with Crippen molar-refractivity contribution in [3.63, 3.8) is 0 Å². The maximum Gasteiger partial charge on any atom is 0.126 e. The molecule has 1 aliphatic heterocycles. The smallest absolute Gasteiger partial charge is 0.126 e. The zero-order chi connectivity index (χ0) is 12.3. The monoisotopic (exact) mass is 276 g/mol. The maximum absolute atomic E-state index is 13.0. The van der Waals surface area contributed by atoms with Crippen molar-refractivity contribution in [2.24, 2.45) is 0 Å². The van der Waals surface area contributed by atoms with Gasteiger partial charge in [0.2, 0.25) is 0 Å². The Morgan fingerprint density at radius 1 is 1.24 bits per heavy atom. The second-order valence-electron chi connectivity index (χ2n) is 4.03. The average Bonchev–Trinajstić information content (AvgIpc) is 2.28. The van der Waals surface area contributed by atoms with E-state index in [4.69, 9.17) is 0 Å². The van der Waals surface area contributed by atoms with Crippen LogP contribution in [0.25, 0.3) is 0 Å². The molecule has 1 fully saturated rings. The first kappa shape index (κ1) is 13.2. The van der Waals surface area contributed by atoms with Crippen molar-refractivity contribution in [1.29, 1.82) is 0 Å². The molecule has 2 unspecified atom stereocenters. The van der Waals surface area contributed by atoms with Crippen LogP contribution in [0.3, 0.4) is 0 Å². The molecule has 1 aromatic rings. The highest BCUT2D eigenvalue weighted by Gasteiger charge is 2.23. The van der Waals surface area contributed by atoms with Crippen LogP contribution in [-0.2, 0) is 6.42 Å². The molecule has 0 radical (unpaired) electrons. The second kappa shape index (κ2) is 6.07. The minimum atomic E-state index is -0.585. The van der Waals surface area contributed by atoms with Gasteiger partial charge in [0.05, 0.1) is 6.10 Å². The molecule has 1 N–H and O–H groups in total. The van der Waals surface area contributed by atoms with Gasteiger partial charge in [0.1, 0.15) is 11.6 Å². The van der Waals surface area contributed by atoms with Gasteiger partial charge in [0, 0.05) is 28.6 Å². The molecule has 0 aromatic heterocycles. The lowest BCUT2D eigenvalue weighted by atomic mass is 10.1. The summed E-state index contributed by atoms with van der Waals surface area (Å²) in [7, 11) is 0. The fourth-order valence-corrected chi connectivity index (χ4v) is 4.60. The Morgan fingerprint density at radius 3 is 2.53 bits per heavy atom. The van der Waals surface area contributed by atoms with Gasteiger partial charge < -0.3 is 5.11 Å². The molecule has 2 rings (SSSR count). The van der Waals surface area contributed by atoms with Crippen molar-refractivity contribution in [2.75, 3.05) is 17.3 Å². The summed E-state index contributed by atoms with van der Waals surface area (Å²) >= 11 is 3.56. The van der Waals surface area contributed by atoms with Gasteiger partial charge in [-0.15, -0.1) is 0 Å². The molecule has 0 saturated carbocycles. The molecule has 0 spiro atoms. The molecule has 0 amide bonds. The van der Waals surface area contributed by atoms with Gasteiger partial charge in [-0.25, -0.2) is 8.78 Å². The standard InChI is InChI=1S/C12H14F2OS2/c13-9-3-8(4-10(14)6-9)5-11(15)12-7-16-1-2-17-12/h3-4,6,11-12,15H,1-2,5,7H2. The molecule has 17 heavy (non-hydrogen) atoms. The highest BCUT2D eigenvalue weighted by Crippen LogP contribution is 2.27. The van der Waals surface area contributed by atoms with E-state index in [2.05, 4.69) is 0 Å². The number of hydrogen-bond acceptors (Lipinski definition) is 3. The van der Waals surface area contributed by atoms with Gasteiger partial charge in [-0.1, -0.05) is 0 Å². The van der Waals surface area contributed by atoms with Crippen LogP contribution in [0.2, 0.25) is 0 Å². The number of benzene rings is 1. The van der Waals surface area contributed by atoms with Crippen molar-refractivity contribution >= 4 is 23.5 Å². The summed E-state index contributed by atoms with van der Waals surface area (Å²) in [5.41, 5.74) is 0.520. The Labute approximate surface area is 108 Å². The van der Waals surface area contributed by atoms with E-state index in [1.165, 1.54) is 12.1 Å². The van der Waals surface area contributed by atoms with Crippen LogP contribution >= 0.6 is 23.5 Å². The fourth-order valence-electron chi connectivity index (χ4n) is 1.83. The lowest BCUT2D eigenvalue weighted by Gasteiger charge is -2.25. The molecule has 1 aliphatic rings. The molecular formula is C12H14F2OS2. The number of aliphatic hydroxyl groups is 1. The summed E-state index contributed by atoms with van der Waals surface area (Å²) in [5.74, 6) is 1.88. The summed E-state index contributed by atoms with van der Waals surface area (Å²) in [6.45, 7) is 0. The van der Waals surface area contributed by atoms with Gasteiger partial charge >= 0.3 is 0 Å². The minimum absolute atomic E-state index is 0.167. The van der Waals surface area contributed by atoms with Gasteiger partial charge in [-0.3, -0.25) is 0 Å². The maximum atomic E-state index is 13.0. The molecule has 1 aromatic carbocycles. The number of aliphatic hydroxyl groups excluding tert-OH is 1. The average molecular weight is 276 g/mol. The van der Waals surface area contributed by atoms with E-state index in [1.807, 2.05) is 11.8 Å². The normalized spacial score (nSPS) is 22.4. The molecule has 1 heterocycles. The van der Waals surface area contributed by atoms with Crippen molar-refractivity contribution in [1.82, 2.24) is 0 Å².